The Morgan fingerprint density at radius 3 is 2.16 bits per heavy atom. The number of anilines is 1. The van der Waals surface area contributed by atoms with Crippen molar-refractivity contribution in [3.05, 3.63) is 53.6 Å². The van der Waals surface area contributed by atoms with Crippen LogP contribution in [0, 0.1) is 0 Å². The Morgan fingerprint density at radius 2 is 1.60 bits per heavy atom. The molecule has 0 atom stereocenters. The Balaban J connectivity index is 1.76. The summed E-state index contributed by atoms with van der Waals surface area (Å²) in [5.41, 5.74) is 0.627. The fourth-order valence-corrected chi connectivity index (χ4v) is 2.38. The van der Waals surface area contributed by atoms with Crippen LogP contribution in [0.15, 0.2) is 42.5 Å². The van der Waals surface area contributed by atoms with E-state index in [0.29, 0.717) is 16.6 Å². The van der Waals surface area contributed by atoms with Crippen molar-refractivity contribution in [2.75, 3.05) is 19.5 Å². The number of carbonyl (C=O) groups is 3. The van der Waals surface area contributed by atoms with Crippen LogP contribution in [0.5, 0.6) is 11.5 Å². The molecule has 3 amide bonds. The monoisotopic (exact) mass is 342 g/mol. The number of methoxy groups -OCH3 is 2. The molecule has 0 aliphatic carbocycles. The SMILES string of the molecule is COc1ccc(OC)c(NC(=O)ON2C(=O)c3ccccc3C2=O)c1. The van der Waals surface area contributed by atoms with Crippen molar-refractivity contribution in [3.8, 4) is 11.5 Å². The number of imide groups is 1. The summed E-state index contributed by atoms with van der Waals surface area (Å²) in [5, 5.41) is 2.84. The highest BCUT2D eigenvalue weighted by Crippen LogP contribution is 2.29. The van der Waals surface area contributed by atoms with Gasteiger partial charge in [-0.15, -0.1) is 0 Å². The molecule has 8 heteroatoms. The number of fused-ring (bicyclic) bond motifs is 1. The lowest BCUT2D eigenvalue weighted by molar-refractivity contribution is -0.0398. The number of benzene rings is 2. The van der Waals surface area contributed by atoms with Crippen LogP contribution >= 0.6 is 0 Å². The number of hydrogen-bond acceptors (Lipinski definition) is 6. The molecule has 1 heterocycles. The minimum Gasteiger partial charge on any atom is -0.497 e. The number of hydroxylamine groups is 2. The van der Waals surface area contributed by atoms with Crippen molar-refractivity contribution in [1.29, 1.82) is 0 Å². The van der Waals surface area contributed by atoms with Gasteiger partial charge in [-0.2, -0.15) is 0 Å². The lowest BCUT2D eigenvalue weighted by atomic mass is 10.1. The standard InChI is InChI=1S/C17H14N2O6/c1-23-10-7-8-14(24-2)13(9-10)18-17(22)25-19-15(20)11-5-3-4-6-12(11)16(19)21/h3-9H,1-2H3,(H,18,22). The Hall–Kier alpha value is -3.55. The lowest BCUT2D eigenvalue weighted by Crippen LogP contribution is -2.34. The third kappa shape index (κ3) is 2.97. The molecule has 2 aromatic carbocycles. The van der Waals surface area contributed by atoms with Gasteiger partial charge in [-0.3, -0.25) is 14.9 Å². The molecule has 128 valence electrons. The summed E-state index contributed by atoms with van der Waals surface area (Å²) in [5.74, 6) is -0.557. The Morgan fingerprint density at radius 1 is 0.960 bits per heavy atom. The van der Waals surface area contributed by atoms with Gasteiger partial charge in [0.05, 0.1) is 31.0 Å². The van der Waals surface area contributed by atoms with E-state index in [1.54, 1.807) is 24.3 Å². The molecule has 1 aliphatic heterocycles. The molecule has 1 N–H and O–H groups in total. The normalized spacial score (nSPS) is 12.6. The van der Waals surface area contributed by atoms with Gasteiger partial charge in [0, 0.05) is 6.07 Å². The minimum absolute atomic E-state index is 0.180. The maximum absolute atomic E-state index is 12.2. The molecule has 1 aliphatic rings. The lowest BCUT2D eigenvalue weighted by Gasteiger charge is -2.15. The van der Waals surface area contributed by atoms with Gasteiger partial charge in [0.25, 0.3) is 11.8 Å². The minimum atomic E-state index is -1.01. The van der Waals surface area contributed by atoms with Gasteiger partial charge in [0.1, 0.15) is 11.5 Å². The second-order valence-electron chi connectivity index (χ2n) is 5.02. The highest BCUT2D eigenvalue weighted by Gasteiger charge is 2.38. The zero-order chi connectivity index (χ0) is 18.0. The molecule has 0 radical (unpaired) electrons. The van der Waals surface area contributed by atoms with E-state index >= 15 is 0 Å². The van der Waals surface area contributed by atoms with E-state index in [0.717, 1.165) is 0 Å². The van der Waals surface area contributed by atoms with E-state index in [1.807, 2.05) is 0 Å². The molecular weight excluding hydrogens is 328 g/mol. The van der Waals surface area contributed by atoms with Gasteiger partial charge in [-0.05, 0) is 24.3 Å². The van der Waals surface area contributed by atoms with Crippen molar-refractivity contribution in [2.45, 2.75) is 0 Å². The van der Waals surface area contributed by atoms with E-state index in [1.165, 1.54) is 32.4 Å². The van der Waals surface area contributed by atoms with Crippen molar-refractivity contribution in [3.63, 3.8) is 0 Å². The van der Waals surface area contributed by atoms with Crippen LogP contribution in [0.4, 0.5) is 10.5 Å². The molecule has 3 rings (SSSR count). The van der Waals surface area contributed by atoms with Crippen LogP contribution in [0.3, 0.4) is 0 Å². The second-order valence-corrected chi connectivity index (χ2v) is 5.02. The first kappa shape index (κ1) is 16.3. The van der Waals surface area contributed by atoms with E-state index in [-0.39, 0.29) is 16.8 Å². The highest BCUT2D eigenvalue weighted by molar-refractivity contribution is 6.21. The fraction of sp³-hybridized carbons (Fsp3) is 0.118. The molecular formula is C17H14N2O6. The van der Waals surface area contributed by atoms with E-state index in [2.05, 4.69) is 5.32 Å². The van der Waals surface area contributed by atoms with E-state index in [9.17, 15) is 14.4 Å². The van der Waals surface area contributed by atoms with Crippen LogP contribution < -0.4 is 14.8 Å². The van der Waals surface area contributed by atoms with E-state index < -0.39 is 17.9 Å². The highest BCUT2D eigenvalue weighted by atomic mass is 16.7. The Kier molecular flexibility index (Phi) is 4.25. The predicted molar refractivity (Wildman–Crippen MR) is 86.6 cm³/mol. The largest absolute Gasteiger partial charge is 0.497 e. The smallest absolute Gasteiger partial charge is 0.436 e. The molecule has 0 spiro atoms. The molecule has 0 saturated heterocycles. The van der Waals surface area contributed by atoms with Crippen LogP contribution in [0.1, 0.15) is 20.7 Å². The summed E-state index contributed by atoms with van der Waals surface area (Å²) in [7, 11) is 2.91. The van der Waals surface area contributed by atoms with Crippen LogP contribution in [-0.2, 0) is 4.84 Å². The van der Waals surface area contributed by atoms with Gasteiger partial charge in [0.15, 0.2) is 0 Å². The van der Waals surface area contributed by atoms with Gasteiger partial charge in [-0.25, -0.2) is 4.79 Å². The number of nitrogens with one attached hydrogen (secondary N) is 1. The first-order valence-corrected chi connectivity index (χ1v) is 7.24. The summed E-state index contributed by atoms with van der Waals surface area (Å²) < 4.78 is 10.2. The number of amides is 3. The summed E-state index contributed by atoms with van der Waals surface area (Å²) in [6.45, 7) is 0. The van der Waals surface area contributed by atoms with Crippen molar-refractivity contribution < 1.29 is 28.7 Å². The molecule has 0 fully saturated rings. The third-order valence-electron chi connectivity index (χ3n) is 3.57. The quantitative estimate of drug-likeness (QED) is 0.858. The molecule has 25 heavy (non-hydrogen) atoms. The topological polar surface area (TPSA) is 94.2 Å². The third-order valence-corrected chi connectivity index (χ3v) is 3.57. The number of hydrogen-bond donors (Lipinski definition) is 1. The second kappa shape index (κ2) is 6.52. The number of nitrogens with zero attached hydrogens (tertiary/aromatic N) is 1. The fourth-order valence-electron chi connectivity index (χ4n) is 2.38. The summed E-state index contributed by atoms with van der Waals surface area (Å²) >= 11 is 0. The van der Waals surface area contributed by atoms with Crippen LogP contribution in [0.2, 0.25) is 0 Å². The first-order valence-electron chi connectivity index (χ1n) is 7.24. The molecule has 0 unspecified atom stereocenters. The average molecular weight is 342 g/mol. The van der Waals surface area contributed by atoms with E-state index in [4.69, 9.17) is 14.3 Å². The number of carbonyl (C=O) groups excluding carboxylic acids is 3. The maximum atomic E-state index is 12.2. The van der Waals surface area contributed by atoms with Crippen molar-refractivity contribution >= 4 is 23.6 Å². The predicted octanol–water partition coefficient (Wildman–Crippen LogP) is 2.46. The molecule has 2 aromatic rings. The Labute approximate surface area is 142 Å². The summed E-state index contributed by atoms with van der Waals surface area (Å²) in [6, 6.07) is 11.0. The average Bonchev–Trinajstić information content (AvgIpc) is 2.87. The summed E-state index contributed by atoms with van der Waals surface area (Å²) in [4.78, 5) is 41.3. The Bertz CT molecular complexity index is 829. The zero-order valence-corrected chi connectivity index (χ0v) is 13.4. The van der Waals surface area contributed by atoms with Crippen LogP contribution in [0.25, 0.3) is 0 Å². The van der Waals surface area contributed by atoms with Crippen molar-refractivity contribution in [2.24, 2.45) is 0 Å². The van der Waals surface area contributed by atoms with Gasteiger partial charge < -0.3 is 14.3 Å². The number of ether oxygens (including phenoxy) is 2. The zero-order valence-electron chi connectivity index (χ0n) is 13.4. The summed E-state index contributed by atoms with van der Waals surface area (Å²) in [6.07, 6.45) is -1.01. The van der Waals surface area contributed by atoms with Crippen molar-refractivity contribution in [1.82, 2.24) is 5.06 Å². The van der Waals surface area contributed by atoms with Gasteiger partial charge in [0.2, 0.25) is 0 Å². The maximum Gasteiger partial charge on any atom is 0.436 e. The molecule has 0 bridgehead atoms. The molecule has 0 aromatic heterocycles. The van der Waals surface area contributed by atoms with Gasteiger partial charge >= 0.3 is 6.09 Å². The number of rotatable bonds is 4. The molecule has 8 nitrogen and oxygen atoms in total. The molecule has 0 saturated carbocycles. The van der Waals surface area contributed by atoms with Crippen LogP contribution in [-0.4, -0.2) is 37.2 Å². The first-order chi connectivity index (χ1) is 12.0. The van der Waals surface area contributed by atoms with Gasteiger partial charge in [-0.1, -0.05) is 17.2 Å².